The molecule has 0 aromatic carbocycles. The number of oxime groups is 1. The van der Waals surface area contributed by atoms with Gasteiger partial charge in [0.1, 0.15) is 0 Å². The Kier molecular flexibility index (Phi) is 6.07. The number of hydroxylamine groups is 2. The second-order valence-corrected chi connectivity index (χ2v) is 4.75. The van der Waals surface area contributed by atoms with Crippen LogP contribution in [0.1, 0.15) is 39.0 Å². The molecule has 0 heterocycles. The summed E-state index contributed by atoms with van der Waals surface area (Å²) in [6, 6.07) is -0.301. The van der Waals surface area contributed by atoms with E-state index in [-0.39, 0.29) is 18.6 Å². The van der Waals surface area contributed by atoms with Crippen LogP contribution in [0, 0.1) is 5.92 Å². The van der Waals surface area contributed by atoms with Crippen LogP contribution in [-0.2, 0) is 9.53 Å². The number of hydrogen-bond donors (Lipinski definition) is 2. The van der Waals surface area contributed by atoms with Gasteiger partial charge in [-0.05, 0) is 19.3 Å². The fourth-order valence-electron chi connectivity index (χ4n) is 2.28. The Hall–Kier alpha value is -1.14. The first kappa shape index (κ1) is 14.9. The second-order valence-electron chi connectivity index (χ2n) is 4.75. The minimum Gasteiger partial charge on any atom is -0.469 e. The van der Waals surface area contributed by atoms with Crippen molar-refractivity contribution in [3.63, 3.8) is 0 Å². The summed E-state index contributed by atoms with van der Waals surface area (Å²) < 4.78 is 4.62. The summed E-state index contributed by atoms with van der Waals surface area (Å²) in [7, 11) is 1.33. The number of carbonyl (C=O) groups excluding carboxylic acids is 1. The highest BCUT2D eigenvalue weighted by Gasteiger charge is 2.28. The predicted octanol–water partition coefficient (Wildman–Crippen LogP) is 1.65. The molecule has 1 rings (SSSR count). The summed E-state index contributed by atoms with van der Waals surface area (Å²) in [5.74, 6) is -0.770. The molecule has 1 fully saturated rings. The molecule has 0 saturated heterocycles. The topological polar surface area (TPSA) is 82.4 Å². The van der Waals surface area contributed by atoms with Crippen LogP contribution in [0.2, 0.25) is 0 Å². The lowest BCUT2D eigenvalue weighted by atomic mass is 10.1. The zero-order valence-electron chi connectivity index (χ0n) is 11.0. The Morgan fingerprint density at radius 1 is 1.56 bits per heavy atom. The molecular formula is C12H22N2O4. The van der Waals surface area contributed by atoms with E-state index < -0.39 is 5.92 Å². The van der Waals surface area contributed by atoms with E-state index >= 15 is 0 Å². The molecule has 2 atom stereocenters. The Balaban J connectivity index is 2.62. The normalized spacial score (nSPS) is 24.9. The zero-order valence-corrected chi connectivity index (χ0v) is 11.0. The van der Waals surface area contributed by atoms with Gasteiger partial charge in [0.15, 0.2) is 0 Å². The van der Waals surface area contributed by atoms with Gasteiger partial charge in [0, 0.05) is 6.54 Å². The number of carbonyl (C=O) groups is 1. The van der Waals surface area contributed by atoms with Crippen LogP contribution in [0.15, 0.2) is 5.16 Å². The van der Waals surface area contributed by atoms with Gasteiger partial charge >= 0.3 is 5.97 Å². The number of esters is 1. The number of methoxy groups -OCH3 is 1. The summed E-state index contributed by atoms with van der Waals surface area (Å²) in [6.07, 6.45) is 4.44. The lowest BCUT2D eigenvalue weighted by Crippen LogP contribution is -2.42. The van der Waals surface area contributed by atoms with E-state index in [1.54, 1.807) is 6.92 Å². The largest absolute Gasteiger partial charge is 0.469 e. The minimum atomic E-state index is -0.414. The lowest BCUT2D eigenvalue weighted by Gasteiger charge is -2.26. The van der Waals surface area contributed by atoms with Gasteiger partial charge in [-0.3, -0.25) is 4.79 Å². The van der Waals surface area contributed by atoms with Crippen molar-refractivity contribution >= 4 is 11.7 Å². The molecular weight excluding hydrogens is 236 g/mol. The van der Waals surface area contributed by atoms with E-state index in [2.05, 4.69) is 9.89 Å². The van der Waals surface area contributed by atoms with Crippen molar-refractivity contribution in [1.29, 1.82) is 0 Å². The molecule has 1 saturated carbocycles. The molecule has 0 aliphatic heterocycles. The van der Waals surface area contributed by atoms with E-state index in [9.17, 15) is 10.0 Å². The van der Waals surface area contributed by atoms with Crippen molar-refractivity contribution < 1.29 is 19.9 Å². The maximum Gasteiger partial charge on any atom is 0.309 e. The number of ether oxygens (including phenoxy) is 1. The third-order valence-electron chi connectivity index (χ3n) is 3.35. The first-order valence-electron chi connectivity index (χ1n) is 6.34. The Morgan fingerprint density at radius 2 is 2.28 bits per heavy atom. The maximum atomic E-state index is 11.3. The highest BCUT2D eigenvalue weighted by molar-refractivity contribution is 5.89. The van der Waals surface area contributed by atoms with E-state index in [1.165, 1.54) is 7.11 Å². The molecule has 2 unspecified atom stereocenters. The quantitative estimate of drug-likeness (QED) is 0.347. The Labute approximate surface area is 107 Å². The number of rotatable bonds is 4. The van der Waals surface area contributed by atoms with Gasteiger partial charge in [-0.2, -0.15) is 5.06 Å². The third-order valence-corrected chi connectivity index (χ3v) is 3.35. The minimum absolute atomic E-state index is 0.177. The molecule has 0 bridgehead atoms. The first-order chi connectivity index (χ1) is 8.60. The molecule has 2 N–H and O–H groups in total. The average Bonchev–Trinajstić information content (AvgIpc) is 2.62. The van der Waals surface area contributed by atoms with Crippen LogP contribution in [0.3, 0.4) is 0 Å². The van der Waals surface area contributed by atoms with E-state index in [4.69, 9.17) is 5.21 Å². The summed E-state index contributed by atoms with van der Waals surface area (Å²) in [5.41, 5.74) is 0.590. The monoisotopic (exact) mass is 258 g/mol. The highest BCUT2D eigenvalue weighted by Crippen LogP contribution is 2.20. The highest BCUT2D eigenvalue weighted by atomic mass is 16.5. The molecule has 18 heavy (non-hydrogen) atoms. The third kappa shape index (κ3) is 3.96. The van der Waals surface area contributed by atoms with Crippen LogP contribution in [0.25, 0.3) is 0 Å². The van der Waals surface area contributed by atoms with Crippen LogP contribution in [0.4, 0.5) is 0 Å². The molecule has 6 heteroatoms. The molecule has 0 aromatic heterocycles. The van der Waals surface area contributed by atoms with Crippen LogP contribution >= 0.6 is 0 Å². The Bertz CT molecular complexity index is 306. The SMILES string of the molecule is COC(=O)C(C)CN(O)C1CCCCC/C1=N/O. The van der Waals surface area contributed by atoms with Gasteiger partial charge in [-0.25, -0.2) is 0 Å². The summed E-state index contributed by atoms with van der Waals surface area (Å²) >= 11 is 0. The summed E-state index contributed by atoms with van der Waals surface area (Å²) in [6.45, 7) is 1.87. The van der Waals surface area contributed by atoms with Gasteiger partial charge in [0.2, 0.25) is 0 Å². The smallest absolute Gasteiger partial charge is 0.309 e. The molecule has 1 aliphatic rings. The van der Waals surface area contributed by atoms with E-state index in [0.717, 1.165) is 30.7 Å². The summed E-state index contributed by atoms with van der Waals surface area (Å²) in [4.78, 5) is 11.3. The first-order valence-corrected chi connectivity index (χ1v) is 6.34. The standard InChI is InChI=1S/C12H22N2O4/c1-9(12(15)18-2)8-14(17)11-7-5-3-4-6-10(11)13-16/h9,11,16-17H,3-8H2,1-2H3/b13-10-. The fourth-order valence-corrected chi connectivity index (χ4v) is 2.28. The molecule has 0 aromatic rings. The van der Waals surface area contributed by atoms with Gasteiger partial charge in [-0.1, -0.05) is 24.9 Å². The van der Waals surface area contributed by atoms with Crippen molar-refractivity contribution in [3.05, 3.63) is 0 Å². The van der Waals surface area contributed by atoms with Gasteiger partial charge < -0.3 is 15.2 Å². The molecule has 6 nitrogen and oxygen atoms in total. The zero-order chi connectivity index (χ0) is 13.5. The van der Waals surface area contributed by atoms with Crippen LogP contribution in [0.5, 0.6) is 0 Å². The second kappa shape index (κ2) is 7.33. The van der Waals surface area contributed by atoms with Crippen molar-refractivity contribution in [2.24, 2.45) is 11.1 Å². The molecule has 0 spiro atoms. The van der Waals surface area contributed by atoms with Crippen molar-refractivity contribution in [2.75, 3.05) is 13.7 Å². The Morgan fingerprint density at radius 3 is 2.89 bits per heavy atom. The van der Waals surface area contributed by atoms with Crippen LogP contribution < -0.4 is 0 Å². The molecule has 0 radical (unpaired) electrons. The predicted molar refractivity (Wildman–Crippen MR) is 65.8 cm³/mol. The maximum absolute atomic E-state index is 11.3. The molecule has 1 aliphatic carbocycles. The number of hydrogen-bond acceptors (Lipinski definition) is 6. The van der Waals surface area contributed by atoms with E-state index in [0.29, 0.717) is 12.1 Å². The van der Waals surface area contributed by atoms with Crippen molar-refractivity contribution in [2.45, 2.75) is 45.1 Å². The molecule has 0 amide bonds. The fraction of sp³-hybridized carbons (Fsp3) is 0.833. The van der Waals surface area contributed by atoms with Gasteiger partial charge in [0.05, 0.1) is 24.8 Å². The van der Waals surface area contributed by atoms with Gasteiger partial charge in [-0.15, -0.1) is 0 Å². The van der Waals surface area contributed by atoms with Crippen molar-refractivity contribution in [3.8, 4) is 0 Å². The average molecular weight is 258 g/mol. The van der Waals surface area contributed by atoms with E-state index in [1.807, 2.05) is 0 Å². The lowest BCUT2D eigenvalue weighted by molar-refractivity contribution is -0.155. The van der Waals surface area contributed by atoms with Crippen molar-refractivity contribution in [1.82, 2.24) is 5.06 Å². The van der Waals surface area contributed by atoms with Gasteiger partial charge in [0.25, 0.3) is 0 Å². The summed E-state index contributed by atoms with van der Waals surface area (Å²) in [5, 5.41) is 23.4. The van der Waals surface area contributed by atoms with Crippen LogP contribution in [-0.4, -0.2) is 46.9 Å². The molecule has 104 valence electrons. The number of nitrogens with zero attached hydrogens (tertiary/aromatic N) is 2.